The Balaban J connectivity index is 3.55. The van der Waals surface area contributed by atoms with E-state index in [2.05, 4.69) is 36.6 Å². The van der Waals surface area contributed by atoms with Crippen LogP contribution in [0.2, 0.25) is 0 Å². The predicted octanol–water partition coefficient (Wildman–Crippen LogP) is 1.56. The molecule has 3 heteroatoms. The van der Waals surface area contributed by atoms with Gasteiger partial charge in [-0.15, -0.1) is 0 Å². The van der Waals surface area contributed by atoms with Crippen molar-refractivity contribution in [3.63, 3.8) is 0 Å². The first-order chi connectivity index (χ1) is 6.78. The van der Waals surface area contributed by atoms with Crippen LogP contribution >= 0.6 is 0 Å². The number of hydrogen-bond acceptors (Lipinski definition) is 3. The lowest BCUT2D eigenvalue weighted by atomic mass is 10.3. The summed E-state index contributed by atoms with van der Waals surface area (Å²) in [6, 6.07) is 2.20. The Morgan fingerprint density at radius 3 is 1.86 bits per heavy atom. The standard InChI is InChI=1S/C11H23N3/c1-4-13(5-2)9-7-10-14(6-3)11-8-12/h4-7,9-11H2,1-3H3. The summed E-state index contributed by atoms with van der Waals surface area (Å²) in [5.74, 6) is 0. The molecule has 0 saturated heterocycles. The van der Waals surface area contributed by atoms with Gasteiger partial charge in [-0.2, -0.15) is 5.26 Å². The minimum absolute atomic E-state index is 0.564. The Kier molecular flexibility index (Phi) is 8.61. The van der Waals surface area contributed by atoms with Gasteiger partial charge in [-0.1, -0.05) is 20.8 Å². The van der Waals surface area contributed by atoms with E-state index in [1.54, 1.807) is 0 Å². The van der Waals surface area contributed by atoms with Crippen LogP contribution in [-0.4, -0.2) is 49.1 Å². The van der Waals surface area contributed by atoms with Crippen molar-refractivity contribution in [1.82, 2.24) is 9.80 Å². The molecular weight excluding hydrogens is 174 g/mol. The van der Waals surface area contributed by atoms with Crippen LogP contribution < -0.4 is 0 Å². The fourth-order valence-corrected chi connectivity index (χ4v) is 1.51. The molecule has 0 spiro atoms. The van der Waals surface area contributed by atoms with E-state index in [9.17, 15) is 0 Å². The van der Waals surface area contributed by atoms with Crippen molar-refractivity contribution in [1.29, 1.82) is 5.26 Å². The molecule has 82 valence electrons. The highest BCUT2D eigenvalue weighted by atomic mass is 15.1. The molecule has 0 atom stereocenters. The van der Waals surface area contributed by atoms with E-state index in [1.807, 2.05) is 0 Å². The lowest BCUT2D eigenvalue weighted by Gasteiger charge is -2.21. The molecular formula is C11H23N3. The molecule has 0 aromatic rings. The molecule has 0 aliphatic heterocycles. The zero-order valence-electron chi connectivity index (χ0n) is 9.79. The monoisotopic (exact) mass is 197 g/mol. The summed E-state index contributed by atoms with van der Waals surface area (Å²) in [5, 5.41) is 8.57. The third-order valence-electron chi connectivity index (χ3n) is 2.58. The molecule has 0 unspecified atom stereocenters. The Labute approximate surface area is 88.3 Å². The van der Waals surface area contributed by atoms with Gasteiger partial charge in [0.1, 0.15) is 0 Å². The molecule has 0 saturated carbocycles. The van der Waals surface area contributed by atoms with Gasteiger partial charge in [-0.05, 0) is 32.6 Å². The topological polar surface area (TPSA) is 30.3 Å². The van der Waals surface area contributed by atoms with Crippen molar-refractivity contribution in [3.05, 3.63) is 0 Å². The summed E-state index contributed by atoms with van der Waals surface area (Å²) < 4.78 is 0. The van der Waals surface area contributed by atoms with Gasteiger partial charge in [0.05, 0.1) is 12.6 Å². The first-order valence-electron chi connectivity index (χ1n) is 5.60. The average Bonchev–Trinajstić information content (AvgIpc) is 2.23. The minimum atomic E-state index is 0.564. The zero-order valence-corrected chi connectivity index (χ0v) is 9.79. The largest absolute Gasteiger partial charge is 0.304 e. The second-order valence-electron chi connectivity index (χ2n) is 3.41. The SMILES string of the molecule is CCN(CC)CCCN(CC)CC#N. The second kappa shape index (κ2) is 8.98. The van der Waals surface area contributed by atoms with Crippen LogP contribution in [-0.2, 0) is 0 Å². The molecule has 0 fully saturated rings. The lowest BCUT2D eigenvalue weighted by molar-refractivity contribution is 0.258. The van der Waals surface area contributed by atoms with Gasteiger partial charge < -0.3 is 4.90 Å². The van der Waals surface area contributed by atoms with Gasteiger partial charge >= 0.3 is 0 Å². The van der Waals surface area contributed by atoms with Crippen molar-refractivity contribution in [2.45, 2.75) is 27.2 Å². The number of nitrogens with zero attached hydrogens (tertiary/aromatic N) is 3. The van der Waals surface area contributed by atoms with Gasteiger partial charge in [-0.25, -0.2) is 0 Å². The maximum absolute atomic E-state index is 8.57. The molecule has 0 heterocycles. The molecule has 0 aromatic carbocycles. The van der Waals surface area contributed by atoms with E-state index in [1.165, 1.54) is 0 Å². The van der Waals surface area contributed by atoms with Crippen LogP contribution in [0, 0.1) is 11.3 Å². The Hall–Kier alpha value is -0.590. The van der Waals surface area contributed by atoms with E-state index in [0.29, 0.717) is 6.54 Å². The average molecular weight is 197 g/mol. The van der Waals surface area contributed by atoms with Crippen LogP contribution in [0.15, 0.2) is 0 Å². The van der Waals surface area contributed by atoms with E-state index >= 15 is 0 Å². The van der Waals surface area contributed by atoms with E-state index in [-0.39, 0.29) is 0 Å². The first-order valence-corrected chi connectivity index (χ1v) is 5.60. The molecule has 0 N–H and O–H groups in total. The van der Waals surface area contributed by atoms with E-state index in [4.69, 9.17) is 5.26 Å². The normalized spacial score (nSPS) is 10.9. The highest BCUT2D eigenvalue weighted by molar-refractivity contribution is 4.75. The maximum atomic E-state index is 8.57. The van der Waals surface area contributed by atoms with Crippen molar-refractivity contribution in [2.75, 3.05) is 39.3 Å². The summed E-state index contributed by atoms with van der Waals surface area (Å²) in [6.07, 6.45) is 1.16. The van der Waals surface area contributed by atoms with Gasteiger partial charge in [0.15, 0.2) is 0 Å². The summed E-state index contributed by atoms with van der Waals surface area (Å²) in [5.41, 5.74) is 0. The van der Waals surface area contributed by atoms with Crippen LogP contribution in [0.25, 0.3) is 0 Å². The minimum Gasteiger partial charge on any atom is -0.304 e. The predicted molar refractivity (Wildman–Crippen MR) is 60.1 cm³/mol. The number of hydrogen-bond donors (Lipinski definition) is 0. The van der Waals surface area contributed by atoms with Crippen LogP contribution in [0.4, 0.5) is 0 Å². The van der Waals surface area contributed by atoms with Gasteiger partial charge in [0.2, 0.25) is 0 Å². The highest BCUT2D eigenvalue weighted by Crippen LogP contribution is 1.94. The number of nitriles is 1. The van der Waals surface area contributed by atoms with Gasteiger partial charge in [0, 0.05) is 6.54 Å². The smallest absolute Gasteiger partial charge is 0.0865 e. The number of rotatable bonds is 8. The van der Waals surface area contributed by atoms with Crippen LogP contribution in [0.5, 0.6) is 0 Å². The summed E-state index contributed by atoms with van der Waals surface area (Å²) in [7, 11) is 0. The van der Waals surface area contributed by atoms with Crippen molar-refractivity contribution < 1.29 is 0 Å². The van der Waals surface area contributed by atoms with Crippen LogP contribution in [0.1, 0.15) is 27.2 Å². The van der Waals surface area contributed by atoms with E-state index in [0.717, 1.165) is 39.1 Å². The molecule has 14 heavy (non-hydrogen) atoms. The third kappa shape index (κ3) is 5.95. The summed E-state index contributed by atoms with van der Waals surface area (Å²) in [6.45, 7) is 12.5. The third-order valence-corrected chi connectivity index (χ3v) is 2.58. The first kappa shape index (κ1) is 13.4. The molecule has 3 nitrogen and oxygen atoms in total. The van der Waals surface area contributed by atoms with Crippen molar-refractivity contribution >= 4 is 0 Å². The molecule has 0 aliphatic carbocycles. The van der Waals surface area contributed by atoms with Crippen molar-refractivity contribution in [3.8, 4) is 6.07 Å². The molecule has 0 aliphatic rings. The molecule has 0 radical (unpaired) electrons. The quantitative estimate of drug-likeness (QED) is 0.553. The Bertz CT molecular complexity index is 158. The highest BCUT2D eigenvalue weighted by Gasteiger charge is 2.02. The Morgan fingerprint density at radius 1 is 0.929 bits per heavy atom. The Morgan fingerprint density at radius 2 is 1.43 bits per heavy atom. The second-order valence-corrected chi connectivity index (χ2v) is 3.41. The zero-order chi connectivity index (χ0) is 10.8. The molecule has 0 amide bonds. The van der Waals surface area contributed by atoms with Crippen molar-refractivity contribution in [2.24, 2.45) is 0 Å². The summed E-state index contributed by atoms with van der Waals surface area (Å²) >= 11 is 0. The lowest BCUT2D eigenvalue weighted by Crippen LogP contribution is -2.30. The maximum Gasteiger partial charge on any atom is 0.0865 e. The molecule has 0 rings (SSSR count). The fraction of sp³-hybridized carbons (Fsp3) is 0.909. The molecule has 0 aromatic heterocycles. The fourth-order valence-electron chi connectivity index (χ4n) is 1.51. The molecule has 0 bridgehead atoms. The van der Waals surface area contributed by atoms with Crippen LogP contribution in [0.3, 0.4) is 0 Å². The van der Waals surface area contributed by atoms with Gasteiger partial charge in [0.25, 0.3) is 0 Å². The summed E-state index contributed by atoms with van der Waals surface area (Å²) in [4.78, 5) is 4.60. The van der Waals surface area contributed by atoms with Gasteiger partial charge in [-0.3, -0.25) is 4.90 Å². The van der Waals surface area contributed by atoms with E-state index < -0.39 is 0 Å².